The SMILES string of the molecule is Cc1cc([C@H](C)Nc2ncnc(Cl)n2)ccc1Cl. The second kappa shape index (κ2) is 5.50. The average molecular weight is 283 g/mol. The zero-order chi connectivity index (χ0) is 13.1. The Morgan fingerprint density at radius 1 is 1.22 bits per heavy atom. The highest BCUT2D eigenvalue weighted by atomic mass is 35.5. The zero-order valence-electron chi connectivity index (χ0n) is 9.98. The molecule has 0 amide bonds. The molecule has 1 atom stereocenters. The number of aryl methyl sites for hydroxylation is 1. The van der Waals surface area contributed by atoms with E-state index in [0.29, 0.717) is 5.95 Å². The molecule has 0 aliphatic rings. The first kappa shape index (κ1) is 13.1. The molecule has 18 heavy (non-hydrogen) atoms. The van der Waals surface area contributed by atoms with Crippen molar-refractivity contribution in [3.63, 3.8) is 0 Å². The maximum Gasteiger partial charge on any atom is 0.227 e. The summed E-state index contributed by atoms with van der Waals surface area (Å²) in [6, 6.07) is 5.93. The van der Waals surface area contributed by atoms with E-state index < -0.39 is 0 Å². The highest BCUT2D eigenvalue weighted by Gasteiger charge is 2.08. The van der Waals surface area contributed by atoms with Crippen molar-refractivity contribution in [3.8, 4) is 0 Å². The van der Waals surface area contributed by atoms with Crippen LogP contribution in [0, 0.1) is 6.92 Å². The molecule has 0 fully saturated rings. The van der Waals surface area contributed by atoms with Crippen LogP contribution in [0.1, 0.15) is 24.1 Å². The minimum absolute atomic E-state index is 0.0550. The lowest BCUT2D eigenvalue weighted by molar-refractivity contribution is 0.852. The predicted octanol–water partition coefficient (Wildman–Crippen LogP) is 3.66. The van der Waals surface area contributed by atoms with E-state index in [1.54, 1.807) is 0 Å². The summed E-state index contributed by atoms with van der Waals surface area (Å²) in [5.74, 6) is 0.454. The summed E-state index contributed by atoms with van der Waals surface area (Å²) in [6.07, 6.45) is 1.37. The number of rotatable bonds is 3. The highest BCUT2D eigenvalue weighted by Crippen LogP contribution is 2.22. The molecule has 0 aliphatic heterocycles. The van der Waals surface area contributed by atoms with Gasteiger partial charge in [-0.25, -0.2) is 9.97 Å². The van der Waals surface area contributed by atoms with Crippen molar-refractivity contribution < 1.29 is 0 Å². The second-order valence-corrected chi connectivity index (χ2v) is 4.70. The monoisotopic (exact) mass is 282 g/mol. The molecule has 0 bridgehead atoms. The smallest absolute Gasteiger partial charge is 0.227 e. The minimum Gasteiger partial charge on any atom is -0.348 e. The Labute approximate surface area is 115 Å². The molecule has 4 nitrogen and oxygen atoms in total. The Morgan fingerprint density at radius 3 is 2.67 bits per heavy atom. The van der Waals surface area contributed by atoms with E-state index in [1.165, 1.54) is 6.33 Å². The average Bonchev–Trinajstić information content (AvgIpc) is 2.32. The van der Waals surface area contributed by atoms with Gasteiger partial charge in [0.15, 0.2) is 0 Å². The summed E-state index contributed by atoms with van der Waals surface area (Å²) in [4.78, 5) is 11.7. The van der Waals surface area contributed by atoms with Gasteiger partial charge in [0.1, 0.15) is 6.33 Å². The van der Waals surface area contributed by atoms with Crippen LogP contribution in [-0.4, -0.2) is 15.0 Å². The third-order valence-corrected chi connectivity index (χ3v) is 3.18. The van der Waals surface area contributed by atoms with Crippen LogP contribution in [0.4, 0.5) is 5.95 Å². The van der Waals surface area contributed by atoms with Crippen molar-refractivity contribution in [1.29, 1.82) is 0 Å². The first-order valence-corrected chi connectivity index (χ1v) is 6.19. The lowest BCUT2D eigenvalue weighted by Crippen LogP contribution is -2.10. The molecular weight excluding hydrogens is 271 g/mol. The number of anilines is 1. The van der Waals surface area contributed by atoms with Crippen molar-refractivity contribution in [2.45, 2.75) is 19.9 Å². The predicted molar refractivity (Wildman–Crippen MR) is 73.1 cm³/mol. The maximum atomic E-state index is 6.00. The molecule has 2 aromatic rings. The highest BCUT2D eigenvalue weighted by molar-refractivity contribution is 6.31. The van der Waals surface area contributed by atoms with Crippen molar-refractivity contribution in [3.05, 3.63) is 46.0 Å². The van der Waals surface area contributed by atoms with Gasteiger partial charge in [-0.15, -0.1) is 0 Å². The normalized spacial score (nSPS) is 12.2. The first-order chi connectivity index (χ1) is 8.56. The van der Waals surface area contributed by atoms with Gasteiger partial charge < -0.3 is 5.32 Å². The lowest BCUT2D eigenvalue weighted by Gasteiger charge is -2.15. The van der Waals surface area contributed by atoms with E-state index in [4.69, 9.17) is 23.2 Å². The van der Waals surface area contributed by atoms with E-state index >= 15 is 0 Å². The summed E-state index contributed by atoms with van der Waals surface area (Å²) in [5.41, 5.74) is 2.14. The Balaban J connectivity index is 2.16. The Hall–Kier alpha value is -1.39. The van der Waals surface area contributed by atoms with E-state index in [0.717, 1.165) is 16.1 Å². The van der Waals surface area contributed by atoms with Gasteiger partial charge in [0.2, 0.25) is 11.2 Å². The van der Waals surface area contributed by atoms with Gasteiger partial charge in [-0.2, -0.15) is 4.98 Å². The number of halogens is 2. The van der Waals surface area contributed by atoms with Crippen LogP contribution in [0.25, 0.3) is 0 Å². The molecule has 0 saturated carbocycles. The van der Waals surface area contributed by atoms with Gasteiger partial charge in [-0.3, -0.25) is 0 Å². The van der Waals surface area contributed by atoms with Crippen molar-refractivity contribution in [2.24, 2.45) is 0 Å². The van der Waals surface area contributed by atoms with E-state index in [1.807, 2.05) is 32.0 Å². The first-order valence-electron chi connectivity index (χ1n) is 5.43. The Morgan fingerprint density at radius 2 is 2.00 bits per heavy atom. The molecule has 2 rings (SSSR count). The van der Waals surface area contributed by atoms with Crippen LogP contribution >= 0.6 is 23.2 Å². The molecule has 1 aromatic heterocycles. The van der Waals surface area contributed by atoms with Crippen LogP contribution in [0.15, 0.2) is 24.5 Å². The molecule has 0 spiro atoms. The van der Waals surface area contributed by atoms with E-state index in [9.17, 15) is 0 Å². The number of nitrogens with zero attached hydrogens (tertiary/aromatic N) is 3. The number of aromatic nitrogens is 3. The van der Waals surface area contributed by atoms with Gasteiger partial charge in [-0.1, -0.05) is 23.7 Å². The molecule has 0 aliphatic carbocycles. The van der Waals surface area contributed by atoms with Crippen molar-refractivity contribution in [1.82, 2.24) is 15.0 Å². The van der Waals surface area contributed by atoms with Crippen LogP contribution in [0.2, 0.25) is 10.3 Å². The van der Waals surface area contributed by atoms with Gasteiger partial charge in [0, 0.05) is 5.02 Å². The van der Waals surface area contributed by atoms with Gasteiger partial charge in [-0.05, 0) is 42.6 Å². The molecule has 1 heterocycles. The number of nitrogens with one attached hydrogen (secondary N) is 1. The lowest BCUT2D eigenvalue weighted by atomic mass is 10.1. The topological polar surface area (TPSA) is 50.7 Å². The molecule has 6 heteroatoms. The Kier molecular flexibility index (Phi) is 3.99. The minimum atomic E-state index is 0.0550. The molecule has 0 saturated heterocycles. The van der Waals surface area contributed by atoms with Crippen molar-refractivity contribution >= 4 is 29.2 Å². The summed E-state index contributed by atoms with van der Waals surface area (Å²) >= 11 is 11.7. The third kappa shape index (κ3) is 3.09. The molecule has 0 radical (unpaired) electrons. The largest absolute Gasteiger partial charge is 0.348 e. The van der Waals surface area contributed by atoms with Crippen LogP contribution < -0.4 is 5.32 Å². The fourth-order valence-corrected chi connectivity index (χ4v) is 1.80. The van der Waals surface area contributed by atoms with Crippen molar-refractivity contribution in [2.75, 3.05) is 5.32 Å². The standard InChI is InChI=1S/C12H12Cl2N4/c1-7-5-9(3-4-10(7)13)8(2)17-12-16-6-15-11(14)18-12/h3-6,8H,1-2H3,(H,15,16,17,18)/t8-/m0/s1. The van der Waals surface area contributed by atoms with Crippen LogP contribution in [0.5, 0.6) is 0 Å². The number of hydrogen-bond acceptors (Lipinski definition) is 4. The van der Waals surface area contributed by atoms with Crippen LogP contribution in [0.3, 0.4) is 0 Å². The molecular formula is C12H12Cl2N4. The van der Waals surface area contributed by atoms with E-state index in [-0.39, 0.29) is 11.3 Å². The molecule has 94 valence electrons. The van der Waals surface area contributed by atoms with Crippen LogP contribution in [-0.2, 0) is 0 Å². The molecule has 1 N–H and O–H groups in total. The quantitative estimate of drug-likeness (QED) is 0.934. The maximum absolute atomic E-state index is 6.00. The summed E-state index contributed by atoms with van der Waals surface area (Å²) in [5, 5.41) is 4.09. The summed E-state index contributed by atoms with van der Waals surface area (Å²) in [7, 11) is 0. The summed E-state index contributed by atoms with van der Waals surface area (Å²) in [6.45, 7) is 3.98. The number of hydrogen-bond donors (Lipinski definition) is 1. The second-order valence-electron chi connectivity index (χ2n) is 3.95. The third-order valence-electron chi connectivity index (χ3n) is 2.57. The van der Waals surface area contributed by atoms with E-state index in [2.05, 4.69) is 20.3 Å². The van der Waals surface area contributed by atoms with Gasteiger partial charge in [0.05, 0.1) is 6.04 Å². The molecule has 1 aromatic carbocycles. The van der Waals surface area contributed by atoms with Gasteiger partial charge >= 0.3 is 0 Å². The number of benzene rings is 1. The fourth-order valence-electron chi connectivity index (χ4n) is 1.56. The molecule has 0 unspecified atom stereocenters. The fraction of sp³-hybridized carbons (Fsp3) is 0.250. The zero-order valence-corrected chi connectivity index (χ0v) is 11.5. The summed E-state index contributed by atoms with van der Waals surface area (Å²) < 4.78 is 0. The van der Waals surface area contributed by atoms with Gasteiger partial charge in [0.25, 0.3) is 0 Å². The Bertz CT molecular complexity index is 560.